The van der Waals surface area contributed by atoms with Crippen molar-refractivity contribution in [1.82, 2.24) is 5.16 Å². The van der Waals surface area contributed by atoms with E-state index in [1.54, 1.807) is 6.07 Å². The Bertz CT molecular complexity index is 685. The third-order valence-electron chi connectivity index (χ3n) is 2.79. The normalized spacial score (nSPS) is 14.1. The van der Waals surface area contributed by atoms with Crippen molar-refractivity contribution < 1.29 is 18.5 Å². The van der Waals surface area contributed by atoms with Crippen LogP contribution in [0.15, 0.2) is 33.4 Å². The van der Waals surface area contributed by atoms with Crippen LogP contribution in [0.2, 0.25) is 0 Å². The Hall–Kier alpha value is -2.02. The fourth-order valence-electron chi connectivity index (χ4n) is 1.98. The van der Waals surface area contributed by atoms with Gasteiger partial charge in [-0.05, 0) is 28.1 Å². The summed E-state index contributed by atoms with van der Waals surface area (Å²) in [4.78, 5) is 25.0. The van der Waals surface area contributed by atoms with Gasteiger partial charge in [0.1, 0.15) is 5.82 Å². The number of rotatable bonds is 2. The van der Waals surface area contributed by atoms with Gasteiger partial charge in [0.15, 0.2) is 5.76 Å². The first-order valence-corrected chi connectivity index (χ1v) is 6.12. The molecule has 0 bridgehead atoms. The number of aromatic nitrogens is 1. The zero-order valence-corrected chi connectivity index (χ0v) is 11.0. The number of amides is 1. The lowest BCUT2D eigenvalue weighted by molar-refractivity contribution is -0.114. The largest absolute Gasteiger partial charge is 0.359 e. The topological polar surface area (TPSA) is 63.4 Å². The van der Waals surface area contributed by atoms with Crippen LogP contribution >= 0.6 is 15.9 Å². The van der Waals surface area contributed by atoms with Gasteiger partial charge in [0, 0.05) is 10.5 Å². The van der Waals surface area contributed by atoms with Gasteiger partial charge in [-0.3, -0.25) is 14.5 Å². The first kappa shape index (κ1) is 12.0. The number of ketones is 1. The van der Waals surface area contributed by atoms with Crippen molar-refractivity contribution in [2.24, 2.45) is 0 Å². The van der Waals surface area contributed by atoms with Gasteiger partial charge >= 0.3 is 0 Å². The van der Waals surface area contributed by atoms with Crippen molar-refractivity contribution in [3.63, 3.8) is 0 Å². The van der Waals surface area contributed by atoms with Crippen LogP contribution in [-0.4, -0.2) is 16.8 Å². The number of benzene rings is 1. The Morgan fingerprint density at radius 3 is 2.84 bits per heavy atom. The van der Waals surface area contributed by atoms with E-state index in [1.165, 1.54) is 17.2 Å². The van der Waals surface area contributed by atoms with Crippen molar-refractivity contribution in [2.75, 3.05) is 4.90 Å². The van der Waals surface area contributed by atoms with Crippen molar-refractivity contribution in [1.29, 1.82) is 0 Å². The molecule has 7 heteroatoms. The van der Waals surface area contributed by atoms with Crippen LogP contribution in [0.4, 0.5) is 10.1 Å². The minimum absolute atomic E-state index is 0.0522. The van der Waals surface area contributed by atoms with E-state index in [-0.39, 0.29) is 12.1 Å². The highest BCUT2D eigenvalue weighted by atomic mass is 79.9. The molecule has 1 aromatic heterocycles. The third kappa shape index (κ3) is 1.86. The van der Waals surface area contributed by atoms with Gasteiger partial charge < -0.3 is 4.52 Å². The summed E-state index contributed by atoms with van der Waals surface area (Å²) in [5.41, 5.74) is 0.407. The van der Waals surface area contributed by atoms with E-state index in [0.29, 0.717) is 15.9 Å². The van der Waals surface area contributed by atoms with Crippen molar-refractivity contribution >= 4 is 33.3 Å². The molecule has 96 valence electrons. The Labute approximate surface area is 115 Å². The molecule has 1 amide bonds. The molecular weight excluding hydrogens is 319 g/mol. The van der Waals surface area contributed by atoms with Gasteiger partial charge in [-0.25, -0.2) is 4.39 Å². The lowest BCUT2D eigenvalue weighted by Crippen LogP contribution is -2.29. The fraction of sp³-hybridized carbons (Fsp3) is 0.0833. The van der Waals surface area contributed by atoms with Gasteiger partial charge in [-0.2, -0.15) is 0 Å². The summed E-state index contributed by atoms with van der Waals surface area (Å²) in [6, 6.07) is 3.85. The molecule has 1 aromatic carbocycles. The number of Topliss-reactive ketones (excluding diaryl/α,β-unsaturated/α-hetero) is 1. The van der Waals surface area contributed by atoms with Crippen molar-refractivity contribution in [2.45, 2.75) is 6.54 Å². The minimum Gasteiger partial charge on any atom is -0.359 e. The average molecular weight is 325 g/mol. The quantitative estimate of drug-likeness (QED) is 0.795. The van der Waals surface area contributed by atoms with Crippen LogP contribution in [0.1, 0.15) is 16.1 Å². The second kappa shape index (κ2) is 4.27. The Kier molecular flexibility index (Phi) is 2.70. The molecule has 0 radical (unpaired) electrons. The number of anilines is 1. The number of halogens is 2. The Morgan fingerprint density at radius 1 is 1.37 bits per heavy atom. The lowest BCUT2D eigenvalue weighted by atomic mass is 10.1. The molecule has 1 aliphatic rings. The van der Waals surface area contributed by atoms with Gasteiger partial charge in [-0.1, -0.05) is 5.16 Å². The molecule has 19 heavy (non-hydrogen) atoms. The molecule has 0 saturated carbocycles. The summed E-state index contributed by atoms with van der Waals surface area (Å²) in [5, 5.41) is 3.53. The van der Waals surface area contributed by atoms with Crippen LogP contribution in [0.3, 0.4) is 0 Å². The van der Waals surface area contributed by atoms with Gasteiger partial charge in [-0.15, -0.1) is 0 Å². The standard InChI is InChI=1S/C12H6BrFN2O3/c13-9-4-6(14)3-8-10(9)16(12(18)11(8)17)5-7-1-2-15-19-7/h1-4H,5H2. The maximum atomic E-state index is 13.3. The maximum absolute atomic E-state index is 13.3. The Balaban J connectivity index is 2.09. The second-order valence-electron chi connectivity index (χ2n) is 3.98. The number of fused-ring (bicyclic) bond motifs is 1. The van der Waals surface area contributed by atoms with E-state index in [1.807, 2.05) is 0 Å². The molecule has 1 aliphatic heterocycles. The van der Waals surface area contributed by atoms with Crippen LogP contribution in [0.25, 0.3) is 0 Å². The molecule has 0 spiro atoms. The SMILES string of the molecule is O=C1C(=O)N(Cc2ccno2)c2c(Br)cc(F)cc21. The number of hydrogen-bond acceptors (Lipinski definition) is 4. The first-order valence-electron chi connectivity index (χ1n) is 5.32. The van der Waals surface area contributed by atoms with Crippen molar-refractivity contribution in [3.05, 3.63) is 46.0 Å². The van der Waals surface area contributed by atoms with E-state index in [2.05, 4.69) is 21.1 Å². The molecule has 2 heterocycles. The van der Waals surface area contributed by atoms with Gasteiger partial charge in [0.2, 0.25) is 0 Å². The van der Waals surface area contributed by atoms with E-state index in [0.717, 1.165) is 6.07 Å². The van der Waals surface area contributed by atoms with Crippen LogP contribution in [-0.2, 0) is 11.3 Å². The van der Waals surface area contributed by atoms with Crippen LogP contribution in [0, 0.1) is 5.82 Å². The van der Waals surface area contributed by atoms with Crippen LogP contribution in [0.5, 0.6) is 0 Å². The zero-order chi connectivity index (χ0) is 13.6. The number of carbonyl (C=O) groups is 2. The highest BCUT2D eigenvalue weighted by Crippen LogP contribution is 2.37. The second-order valence-corrected chi connectivity index (χ2v) is 4.84. The van der Waals surface area contributed by atoms with Gasteiger partial charge in [0.25, 0.3) is 11.7 Å². The van der Waals surface area contributed by atoms with Crippen molar-refractivity contribution in [3.8, 4) is 0 Å². The van der Waals surface area contributed by atoms with Gasteiger partial charge in [0.05, 0.1) is 24.0 Å². The monoisotopic (exact) mass is 324 g/mol. The predicted octanol–water partition coefficient (Wildman–Crippen LogP) is 2.31. The van der Waals surface area contributed by atoms with E-state index in [4.69, 9.17) is 4.52 Å². The molecule has 2 aromatic rings. The highest BCUT2D eigenvalue weighted by Gasteiger charge is 2.38. The summed E-state index contributed by atoms with van der Waals surface area (Å²) in [6.45, 7) is 0.0712. The zero-order valence-electron chi connectivity index (χ0n) is 9.39. The fourth-order valence-corrected chi connectivity index (χ4v) is 2.63. The molecule has 0 saturated heterocycles. The molecule has 0 unspecified atom stereocenters. The molecular formula is C12H6BrFN2O3. The summed E-state index contributed by atoms with van der Waals surface area (Å²) in [7, 11) is 0. The molecule has 0 atom stereocenters. The summed E-state index contributed by atoms with van der Waals surface area (Å²) < 4.78 is 18.5. The average Bonchev–Trinajstić information content (AvgIpc) is 2.93. The number of carbonyl (C=O) groups excluding carboxylic acids is 2. The lowest BCUT2D eigenvalue weighted by Gasteiger charge is -2.15. The third-order valence-corrected chi connectivity index (χ3v) is 3.39. The molecule has 0 aliphatic carbocycles. The number of nitrogens with zero attached hydrogens (tertiary/aromatic N) is 2. The Morgan fingerprint density at radius 2 is 2.16 bits per heavy atom. The number of hydrogen-bond donors (Lipinski definition) is 0. The summed E-state index contributed by atoms with van der Waals surface area (Å²) in [5.74, 6) is -1.58. The highest BCUT2D eigenvalue weighted by molar-refractivity contribution is 9.10. The molecule has 0 N–H and O–H groups in total. The van der Waals surface area contributed by atoms with E-state index in [9.17, 15) is 14.0 Å². The van der Waals surface area contributed by atoms with Crippen LogP contribution < -0.4 is 4.90 Å². The molecule has 0 fully saturated rings. The van der Waals surface area contributed by atoms with E-state index >= 15 is 0 Å². The summed E-state index contributed by atoms with van der Waals surface area (Å²) in [6.07, 6.45) is 1.44. The smallest absolute Gasteiger partial charge is 0.299 e. The minimum atomic E-state index is -0.727. The molecule has 5 nitrogen and oxygen atoms in total. The maximum Gasteiger partial charge on any atom is 0.299 e. The predicted molar refractivity (Wildman–Crippen MR) is 66.1 cm³/mol. The summed E-state index contributed by atoms with van der Waals surface area (Å²) >= 11 is 3.17. The first-order chi connectivity index (χ1) is 9.08. The molecule has 3 rings (SSSR count). The van der Waals surface area contributed by atoms with E-state index < -0.39 is 17.5 Å².